The van der Waals surface area contributed by atoms with Gasteiger partial charge in [0.1, 0.15) is 0 Å². The predicted molar refractivity (Wildman–Crippen MR) is 162 cm³/mol. The Labute approximate surface area is 236 Å². The SMILES string of the molecule is CCCC1=C(C2(C)CNCC2C(=O)N2CCC(c3ccccc3)CC2C2CCCCC2)SC(C)=C(CC)C1. The van der Waals surface area contributed by atoms with Gasteiger partial charge in [0.2, 0.25) is 5.91 Å². The maximum absolute atomic E-state index is 14.7. The number of thioether (sulfide) groups is 1. The molecule has 1 aromatic carbocycles. The van der Waals surface area contributed by atoms with Crippen molar-refractivity contribution in [3.8, 4) is 0 Å². The first-order valence-electron chi connectivity index (χ1n) is 15.6. The molecule has 2 saturated heterocycles. The van der Waals surface area contributed by atoms with Crippen molar-refractivity contribution in [3.63, 3.8) is 0 Å². The minimum absolute atomic E-state index is 0.0344. The number of likely N-dealkylation sites (tertiary alicyclic amines) is 1. The fourth-order valence-corrected chi connectivity index (χ4v) is 9.48. The monoisotopic (exact) mass is 534 g/mol. The number of carbonyl (C=O) groups is 1. The Morgan fingerprint density at radius 3 is 2.55 bits per heavy atom. The molecule has 0 spiro atoms. The molecule has 0 aromatic heterocycles. The molecule has 0 bridgehead atoms. The summed E-state index contributed by atoms with van der Waals surface area (Å²) in [5.41, 5.74) is 4.56. The molecule has 1 N–H and O–H groups in total. The summed E-state index contributed by atoms with van der Waals surface area (Å²) in [6, 6.07) is 11.5. The third-order valence-corrected chi connectivity index (χ3v) is 11.9. The van der Waals surface area contributed by atoms with E-state index in [0.29, 0.717) is 23.8 Å². The topological polar surface area (TPSA) is 32.3 Å². The van der Waals surface area contributed by atoms with E-state index in [4.69, 9.17) is 0 Å². The van der Waals surface area contributed by atoms with Gasteiger partial charge in [-0.2, -0.15) is 0 Å². The molecular weight excluding hydrogens is 484 g/mol. The van der Waals surface area contributed by atoms with Crippen LogP contribution in [0.25, 0.3) is 0 Å². The summed E-state index contributed by atoms with van der Waals surface area (Å²) < 4.78 is 0. The maximum atomic E-state index is 14.7. The molecule has 3 heterocycles. The molecular formula is C34H50N2OS. The van der Waals surface area contributed by atoms with Gasteiger partial charge in [-0.1, -0.05) is 99.7 Å². The number of piperidine rings is 1. The quantitative estimate of drug-likeness (QED) is 0.381. The van der Waals surface area contributed by atoms with Gasteiger partial charge in [-0.05, 0) is 79.1 Å². The smallest absolute Gasteiger partial charge is 0.228 e. The van der Waals surface area contributed by atoms with Crippen LogP contribution in [0.4, 0.5) is 0 Å². The first-order valence-corrected chi connectivity index (χ1v) is 16.4. The lowest BCUT2D eigenvalue weighted by molar-refractivity contribution is -0.143. The van der Waals surface area contributed by atoms with E-state index in [1.165, 1.54) is 53.9 Å². The minimum Gasteiger partial charge on any atom is -0.339 e. The number of nitrogens with one attached hydrogen (secondary N) is 1. The first kappa shape index (κ1) is 28.0. The number of amides is 1. The van der Waals surface area contributed by atoms with Gasteiger partial charge in [0, 0.05) is 31.1 Å². The number of hydrogen-bond donors (Lipinski definition) is 1. The van der Waals surface area contributed by atoms with Gasteiger partial charge >= 0.3 is 0 Å². The van der Waals surface area contributed by atoms with Crippen LogP contribution in [0.1, 0.15) is 110 Å². The molecule has 1 saturated carbocycles. The number of carbonyl (C=O) groups excluding carboxylic acids is 1. The fraction of sp³-hybridized carbons (Fsp3) is 0.676. The van der Waals surface area contributed by atoms with Crippen LogP contribution in [0.15, 0.2) is 51.3 Å². The Morgan fingerprint density at radius 1 is 1.08 bits per heavy atom. The van der Waals surface area contributed by atoms with Gasteiger partial charge in [-0.15, -0.1) is 0 Å². The standard InChI is InChI=1S/C34H50N2OS/c1-5-13-29-20-25(6-2)24(3)38-32(29)34(4)23-35-22-30(34)33(37)36-19-18-28(26-14-9-7-10-15-26)21-31(36)27-16-11-8-12-17-27/h7,9-10,14-15,27-28,30-31,35H,5-6,8,11-13,16-23H2,1-4H3. The highest BCUT2D eigenvalue weighted by atomic mass is 32.2. The molecule has 5 rings (SSSR count). The van der Waals surface area contributed by atoms with Crippen molar-refractivity contribution in [2.45, 2.75) is 110 Å². The van der Waals surface area contributed by atoms with E-state index in [-0.39, 0.29) is 11.3 Å². The average Bonchev–Trinajstić information content (AvgIpc) is 3.36. The summed E-state index contributed by atoms with van der Waals surface area (Å²) in [6.07, 6.45) is 13.4. The van der Waals surface area contributed by atoms with Crippen molar-refractivity contribution < 1.29 is 4.79 Å². The van der Waals surface area contributed by atoms with Crippen LogP contribution in [0.5, 0.6) is 0 Å². The van der Waals surface area contributed by atoms with Gasteiger partial charge in [0.25, 0.3) is 0 Å². The zero-order valence-electron chi connectivity index (χ0n) is 24.4. The summed E-state index contributed by atoms with van der Waals surface area (Å²) in [5.74, 6) is 1.71. The molecule has 1 amide bonds. The third-order valence-electron chi connectivity index (χ3n) is 10.3. The zero-order chi connectivity index (χ0) is 26.7. The van der Waals surface area contributed by atoms with E-state index in [0.717, 1.165) is 51.7 Å². The molecule has 3 nitrogen and oxygen atoms in total. The average molecular weight is 535 g/mol. The molecule has 4 aliphatic rings. The second-order valence-electron chi connectivity index (χ2n) is 12.7. The van der Waals surface area contributed by atoms with E-state index in [1.54, 1.807) is 11.1 Å². The normalized spacial score (nSPS) is 31.3. The van der Waals surface area contributed by atoms with Crippen molar-refractivity contribution in [1.82, 2.24) is 10.2 Å². The van der Waals surface area contributed by atoms with Crippen molar-refractivity contribution in [3.05, 3.63) is 56.9 Å². The molecule has 4 atom stereocenters. The Kier molecular flexibility index (Phi) is 9.10. The second kappa shape index (κ2) is 12.3. The van der Waals surface area contributed by atoms with E-state index in [2.05, 4.69) is 68.2 Å². The molecule has 3 fully saturated rings. The molecule has 4 heteroatoms. The van der Waals surface area contributed by atoms with Crippen molar-refractivity contribution in [2.24, 2.45) is 17.3 Å². The fourth-order valence-electron chi connectivity index (χ4n) is 8.05. The highest BCUT2D eigenvalue weighted by Gasteiger charge is 2.50. The lowest BCUT2D eigenvalue weighted by atomic mass is 9.73. The highest BCUT2D eigenvalue weighted by Crippen LogP contribution is 2.54. The molecule has 208 valence electrons. The Bertz CT molecular complexity index is 1040. The molecule has 38 heavy (non-hydrogen) atoms. The van der Waals surface area contributed by atoms with Crippen LogP contribution < -0.4 is 5.32 Å². The van der Waals surface area contributed by atoms with Gasteiger partial charge < -0.3 is 10.2 Å². The Hall–Kier alpha value is -1.52. The molecule has 1 aromatic rings. The van der Waals surface area contributed by atoms with Crippen molar-refractivity contribution in [2.75, 3.05) is 19.6 Å². The number of hydrogen-bond acceptors (Lipinski definition) is 3. The molecule has 4 unspecified atom stereocenters. The summed E-state index contributed by atoms with van der Waals surface area (Å²) in [4.78, 5) is 20.1. The van der Waals surface area contributed by atoms with Crippen molar-refractivity contribution in [1.29, 1.82) is 0 Å². The number of rotatable bonds is 7. The lowest BCUT2D eigenvalue weighted by Gasteiger charge is -2.47. The van der Waals surface area contributed by atoms with E-state index in [1.807, 2.05) is 11.8 Å². The van der Waals surface area contributed by atoms with Crippen LogP contribution in [0, 0.1) is 17.3 Å². The number of allylic oxidation sites excluding steroid dienone is 3. The van der Waals surface area contributed by atoms with E-state index >= 15 is 0 Å². The van der Waals surface area contributed by atoms with Crippen LogP contribution >= 0.6 is 11.8 Å². The third kappa shape index (κ3) is 5.55. The molecule has 3 aliphatic heterocycles. The summed E-state index contributed by atoms with van der Waals surface area (Å²) in [6.45, 7) is 12.0. The van der Waals surface area contributed by atoms with E-state index in [9.17, 15) is 4.79 Å². The van der Waals surface area contributed by atoms with Gasteiger partial charge in [-0.3, -0.25) is 4.79 Å². The van der Waals surface area contributed by atoms with Gasteiger partial charge in [0.05, 0.1) is 5.92 Å². The predicted octanol–water partition coefficient (Wildman–Crippen LogP) is 8.44. The largest absolute Gasteiger partial charge is 0.339 e. The molecule has 0 radical (unpaired) electrons. The Balaban J connectivity index is 1.42. The highest BCUT2D eigenvalue weighted by molar-refractivity contribution is 8.06. The first-order chi connectivity index (χ1) is 18.5. The maximum Gasteiger partial charge on any atom is 0.228 e. The summed E-state index contributed by atoms with van der Waals surface area (Å²) in [7, 11) is 0. The van der Waals surface area contributed by atoms with Crippen LogP contribution in [0.2, 0.25) is 0 Å². The minimum atomic E-state index is -0.111. The van der Waals surface area contributed by atoms with Gasteiger partial charge in [-0.25, -0.2) is 0 Å². The van der Waals surface area contributed by atoms with Crippen LogP contribution in [0.3, 0.4) is 0 Å². The van der Waals surface area contributed by atoms with Crippen LogP contribution in [-0.2, 0) is 4.79 Å². The van der Waals surface area contributed by atoms with E-state index < -0.39 is 0 Å². The zero-order valence-corrected chi connectivity index (χ0v) is 25.2. The lowest BCUT2D eigenvalue weighted by Crippen LogP contribution is -2.53. The molecule has 1 aliphatic carbocycles. The second-order valence-corrected chi connectivity index (χ2v) is 13.9. The van der Waals surface area contributed by atoms with Crippen LogP contribution in [-0.4, -0.2) is 36.5 Å². The number of nitrogens with zero attached hydrogens (tertiary/aromatic N) is 1. The number of benzene rings is 1. The Morgan fingerprint density at radius 2 is 1.84 bits per heavy atom. The van der Waals surface area contributed by atoms with Gasteiger partial charge in [0.15, 0.2) is 0 Å². The summed E-state index contributed by atoms with van der Waals surface area (Å²) >= 11 is 2.01. The summed E-state index contributed by atoms with van der Waals surface area (Å²) in [5, 5.41) is 3.70. The van der Waals surface area contributed by atoms with Crippen molar-refractivity contribution >= 4 is 17.7 Å².